The van der Waals surface area contributed by atoms with Crippen LogP contribution < -0.4 is 5.32 Å². The molecule has 5 rings (SSSR count). The number of benzene rings is 2. The number of fused-ring (bicyclic) bond motifs is 2. The van der Waals surface area contributed by atoms with Crippen molar-refractivity contribution in [1.82, 2.24) is 19.8 Å². The molecule has 3 aromatic rings. The summed E-state index contributed by atoms with van der Waals surface area (Å²) in [5, 5.41) is 5.69. The summed E-state index contributed by atoms with van der Waals surface area (Å²) in [6.07, 6.45) is 6.17. The zero-order valence-corrected chi connectivity index (χ0v) is 15.3. The van der Waals surface area contributed by atoms with Gasteiger partial charge in [-0.15, -0.1) is 0 Å². The van der Waals surface area contributed by atoms with Crippen molar-refractivity contribution in [3.63, 3.8) is 0 Å². The van der Waals surface area contributed by atoms with E-state index in [1.165, 1.54) is 29.2 Å². The second-order valence-electron chi connectivity index (χ2n) is 7.80. The third kappa shape index (κ3) is 3.35. The average molecular weight is 360 g/mol. The molecule has 1 aliphatic heterocycles. The molecule has 2 aliphatic rings. The lowest BCUT2D eigenvalue weighted by Crippen LogP contribution is -2.44. The Balaban J connectivity index is 1.38. The van der Waals surface area contributed by atoms with Gasteiger partial charge < -0.3 is 9.88 Å². The predicted octanol–water partition coefficient (Wildman–Crippen LogP) is 3.12. The minimum atomic E-state index is -0.204. The van der Waals surface area contributed by atoms with Crippen LogP contribution in [-0.2, 0) is 17.9 Å². The largest absolute Gasteiger partial charge is 0.354 e. The fourth-order valence-corrected chi connectivity index (χ4v) is 4.05. The highest BCUT2D eigenvalue weighted by Crippen LogP contribution is 2.29. The zero-order chi connectivity index (χ0) is 18.2. The first kappa shape index (κ1) is 16.5. The molecule has 1 unspecified atom stereocenters. The molecule has 1 fully saturated rings. The van der Waals surface area contributed by atoms with Crippen LogP contribution in [0.2, 0.25) is 0 Å². The molecule has 2 heterocycles. The Kier molecular flexibility index (Phi) is 4.17. The average Bonchev–Trinajstić information content (AvgIpc) is 3.41. The van der Waals surface area contributed by atoms with E-state index in [4.69, 9.17) is 0 Å². The SMILES string of the molecule is O=C(NCC1CC1)C1CN(Cc2cccc3ccccc23)Cc2cncn21. The number of rotatable bonds is 5. The van der Waals surface area contributed by atoms with Gasteiger partial charge in [0.25, 0.3) is 0 Å². The van der Waals surface area contributed by atoms with E-state index in [9.17, 15) is 4.79 Å². The molecule has 5 heteroatoms. The third-order valence-corrected chi connectivity index (χ3v) is 5.74. The van der Waals surface area contributed by atoms with Crippen LogP contribution in [0.3, 0.4) is 0 Å². The lowest BCUT2D eigenvalue weighted by Gasteiger charge is -2.34. The number of amides is 1. The van der Waals surface area contributed by atoms with Crippen molar-refractivity contribution in [2.24, 2.45) is 5.92 Å². The summed E-state index contributed by atoms with van der Waals surface area (Å²) >= 11 is 0. The molecule has 1 saturated carbocycles. The van der Waals surface area contributed by atoms with E-state index in [1.807, 2.05) is 10.8 Å². The van der Waals surface area contributed by atoms with Gasteiger partial charge in [0, 0.05) is 32.4 Å². The fourth-order valence-electron chi connectivity index (χ4n) is 4.05. The predicted molar refractivity (Wildman–Crippen MR) is 105 cm³/mol. The summed E-state index contributed by atoms with van der Waals surface area (Å²) in [6.45, 7) is 3.17. The molecule has 1 amide bonds. The van der Waals surface area contributed by atoms with Crippen molar-refractivity contribution in [3.05, 3.63) is 66.2 Å². The Labute approximate surface area is 159 Å². The molecule has 0 spiro atoms. The van der Waals surface area contributed by atoms with Crippen LogP contribution in [0.5, 0.6) is 0 Å². The summed E-state index contributed by atoms with van der Waals surface area (Å²) in [5.41, 5.74) is 2.41. The third-order valence-electron chi connectivity index (χ3n) is 5.74. The summed E-state index contributed by atoms with van der Waals surface area (Å²) in [4.78, 5) is 19.5. The number of hydrogen-bond donors (Lipinski definition) is 1. The van der Waals surface area contributed by atoms with E-state index in [2.05, 4.69) is 57.7 Å². The normalized spacial score (nSPS) is 19.8. The lowest BCUT2D eigenvalue weighted by atomic mass is 10.0. The molecule has 138 valence electrons. The Bertz CT molecular complexity index is 970. The lowest BCUT2D eigenvalue weighted by molar-refractivity contribution is -0.125. The van der Waals surface area contributed by atoms with E-state index in [1.54, 1.807) is 6.33 Å². The maximum atomic E-state index is 12.8. The maximum Gasteiger partial charge on any atom is 0.244 e. The van der Waals surface area contributed by atoms with Crippen molar-refractivity contribution in [2.45, 2.75) is 32.0 Å². The smallest absolute Gasteiger partial charge is 0.244 e. The minimum absolute atomic E-state index is 0.115. The molecule has 0 radical (unpaired) electrons. The number of carbonyl (C=O) groups is 1. The van der Waals surface area contributed by atoms with E-state index in [0.717, 1.165) is 25.3 Å². The van der Waals surface area contributed by atoms with E-state index in [0.29, 0.717) is 12.5 Å². The Morgan fingerprint density at radius 3 is 2.89 bits per heavy atom. The van der Waals surface area contributed by atoms with E-state index >= 15 is 0 Å². The molecule has 5 nitrogen and oxygen atoms in total. The minimum Gasteiger partial charge on any atom is -0.354 e. The van der Waals surface area contributed by atoms with Gasteiger partial charge in [-0.25, -0.2) is 4.98 Å². The Morgan fingerprint density at radius 2 is 2.00 bits per heavy atom. The van der Waals surface area contributed by atoms with E-state index < -0.39 is 0 Å². The highest BCUT2D eigenvalue weighted by Gasteiger charge is 2.31. The summed E-state index contributed by atoms with van der Waals surface area (Å²) < 4.78 is 2.04. The standard InChI is InChI=1S/C22H24N4O/c27-22(24-10-16-8-9-16)21-14-25(13-19-11-23-15-26(19)21)12-18-6-3-5-17-4-1-2-7-20(17)18/h1-7,11,15-16,21H,8-10,12-14H2,(H,24,27). The van der Waals surface area contributed by atoms with Crippen LogP contribution in [0.25, 0.3) is 10.8 Å². The van der Waals surface area contributed by atoms with Crippen LogP contribution in [0.15, 0.2) is 55.0 Å². The molecule has 27 heavy (non-hydrogen) atoms. The molecule has 1 aromatic heterocycles. The van der Waals surface area contributed by atoms with Crippen molar-refractivity contribution < 1.29 is 4.79 Å². The van der Waals surface area contributed by atoms with Gasteiger partial charge in [-0.1, -0.05) is 42.5 Å². The highest BCUT2D eigenvalue weighted by atomic mass is 16.2. The van der Waals surface area contributed by atoms with Gasteiger partial charge in [0.1, 0.15) is 6.04 Å². The highest BCUT2D eigenvalue weighted by molar-refractivity contribution is 5.85. The second kappa shape index (κ2) is 6.82. The summed E-state index contributed by atoms with van der Waals surface area (Å²) in [5.74, 6) is 0.801. The maximum absolute atomic E-state index is 12.8. The number of hydrogen-bond acceptors (Lipinski definition) is 3. The van der Waals surface area contributed by atoms with Gasteiger partial charge in [-0.2, -0.15) is 0 Å². The number of aromatic nitrogens is 2. The van der Waals surface area contributed by atoms with Crippen molar-refractivity contribution in [3.8, 4) is 0 Å². The quantitative estimate of drug-likeness (QED) is 0.761. The molecular weight excluding hydrogens is 336 g/mol. The van der Waals surface area contributed by atoms with Crippen molar-refractivity contribution >= 4 is 16.7 Å². The van der Waals surface area contributed by atoms with Gasteiger partial charge in [-0.3, -0.25) is 9.69 Å². The van der Waals surface area contributed by atoms with Crippen molar-refractivity contribution in [1.29, 1.82) is 0 Å². The molecule has 2 aromatic carbocycles. The molecule has 1 atom stereocenters. The van der Waals surface area contributed by atoms with Gasteiger partial charge in [-0.05, 0) is 35.1 Å². The van der Waals surface area contributed by atoms with Gasteiger partial charge in [0.2, 0.25) is 5.91 Å². The Morgan fingerprint density at radius 1 is 1.15 bits per heavy atom. The molecular formula is C22H24N4O. The second-order valence-corrected chi connectivity index (χ2v) is 7.80. The van der Waals surface area contributed by atoms with Crippen LogP contribution in [0.4, 0.5) is 0 Å². The number of carbonyl (C=O) groups excluding carboxylic acids is 1. The van der Waals surface area contributed by atoms with Gasteiger partial charge >= 0.3 is 0 Å². The van der Waals surface area contributed by atoms with Crippen LogP contribution in [0, 0.1) is 5.92 Å². The molecule has 1 N–H and O–H groups in total. The van der Waals surface area contributed by atoms with Crippen LogP contribution >= 0.6 is 0 Å². The van der Waals surface area contributed by atoms with Crippen LogP contribution in [-0.4, -0.2) is 33.4 Å². The van der Waals surface area contributed by atoms with Crippen LogP contribution in [0.1, 0.15) is 30.1 Å². The van der Waals surface area contributed by atoms with Gasteiger partial charge in [0.05, 0.1) is 12.0 Å². The topological polar surface area (TPSA) is 50.2 Å². The zero-order valence-electron chi connectivity index (χ0n) is 15.3. The monoisotopic (exact) mass is 360 g/mol. The van der Waals surface area contributed by atoms with E-state index in [-0.39, 0.29) is 11.9 Å². The molecule has 0 bridgehead atoms. The number of imidazole rings is 1. The first-order valence-electron chi connectivity index (χ1n) is 9.75. The molecule has 0 saturated heterocycles. The number of nitrogens with zero attached hydrogens (tertiary/aromatic N) is 3. The molecule has 1 aliphatic carbocycles. The van der Waals surface area contributed by atoms with Crippen molar-refractivity contribution in [2.75, 3.05) is 13.1 Å². The number of nitrogens with one attached hydrogen (secondary N) is 1. The Hall–Kier alpha value is -2.66. The first-order valence-corrected chi connectivity index (χ1v) is 9.75. The van der Waals surface area contributed by atoms with Gasteiger partial charge in [0.15, 0.2) is 0 Å². The summed E-state index contributed by atoms with van der Waals surface area (Å²) in [6, 6.07) is 14.7. The fraction of sp³-hybridized carbons (Fsp3) is 0.364. The summed E-state index contributed by atoms with van der Waals surface area (Å²) in [7, 11) is 0. The first-order chi connectivity index (χ1) is 13.3.